The van der Waals surface area contributed by atoms with E-state index in [-0.39, 0.29) is 42.7 Å². The number of rotatable bonds is 7. The minimum Gasteiger partial charge on any atom is -0.470 e. The van der Waals surface area contributed by atoms with Crippen molar-refractivity contribution in [2.45, 2.75) is 64.3 Å². The molecule has 0 aliphatic carbocycles. The molecule has 3 N–H and O–H groups in total. The number of aromatic nitrogens is 3. The number of amides is 1. The molecule has 5 atom stereocenters. The van der Waals surface area contributed by atoms with Crippen LogP contribution in [0.3, 0.4) is 0 Å². The van der Waals surface area contributed by atoms with Gasteiger partial charge in [-0.3, -0.25) is 4.79 Å². The fraction of sp³-hybridized carbons (Fsp3) is 0.464. The quantitative estimate of drug-likeness (QED) is 0.434. The Labute approximate surface area is 227 Å². The van der Waals surface area contributed by atoms with Crippen LogP contribution >= 0.6 is 0 Å². The number of likely N-dealkylation sites (tertiary alicyclic amines) is 1. The van der Waals surface area contributed by atoms with E-state index in [4.69, 9.17) is 24.9 Å². The fourth-order valence-electron chi connectivity index (χ4n) is 5.13. The molecular formula is C28H34N6O5. The Morgan fingerprint density at radius 1 is 1.21 bits per heavy atom. The van der Waals surface area contributed by atoms with E-state index in [9.17, 15) is 9.59 Å². The molecule has 0 radical (unpaired) electrons. The molecular weight excluding hydrogens is 500 g/mol. The number of nitrogens with one attached hydrogen (secondary N) is 1. The van der Waals surface area contributed by atoms with Crippen molar-refractivity contribution in [1.29, 1.82) is 0 Å². The molecule has 11 heteroatoms. The fourth-order valence-corrected chi connectivity index (χ4v) is 5.13. The number of carbonyl (C=O) groups excluding carboxylic acids is 2. The van der Waals surface area contributed by atoms with Crippen LogP contribution in [0.4, 0.5) is 11.6 Å². The Morgan fingerprint density at radius 3 is 2.67 bits per heavy atom. The van der Waals surface area contributed by atoms with Gasteiger partial charge in [0, 0.05) is 37.9 Å². The Bertz CT molecular complexity index is 1440. The highest BCUT2D eigenvalue weighted by Crippen LogP contribution is 2.36. The van der Waals surface area contributed by atoms with Crippen molar-refractivity contribution >= 4 is 34.3 Å². The maximum absolute atomic E-state index is 12.3. The van der Waals surface area contributed by atoms with E-state index in [2.05, 4.69) is 15.3 Å². The van der Waals surface area contributed by atoms with Gasteiger partial charge in [0.05, 0.1) is 41.4 Å². The van der Waals surface area contributed by atoms with Gasteiger partial charge in [-0.25, -0.2) is 19.7 Å². The zero-order chi connectivity index (χ0) is 28.1. The van der Waals surface area contributed by atoms with Crippen molar-refractivity contribution in [2.24, 2.45) is 5.73 Å². The first-order valence-electron chi connectivity index (χ1n) is 13.0. The Balaban J connectivity index is 1.50. The summed E-state index contributed by atoms with van der Waals surface area (Å²) in [5.41, 5.74) is 7.75. The van der Waals surface area contributed by atoms with Gasteiger partial charge in [-0.05, 0) is 44.4 Å². The summed E-state index contributed by atoms with van der Waals surface area (Å²) in [6.07, 6.45) is 2.97. The zero-order valence-electron chi connectivity index (χ0n) is 23.0. The van der Waals surface area contributed by atoms with Gasteiger partial charge in [0.1, 0.15) is 23.8 Å². The normalized spacial score (nSPS) is 23.9. The third-order valence-electron chi connectivity index (χ3n) is 7.70. The van der Waals surface area contributed by atoms with Gasteiger partial charge in [-0.1, -0.05) is 6.92 Å². The van der Waals surface area contributed by atoms with Crippen molar-refractivity contribution in [2.75, 3.05) is 25.6 Å². The van der Waals surface area contributed by atoms with Crippen LogP contribution in [-0.2, 0) is 19.8 Å². The molecule has 0 aromatic carbocycles. The first-order valence-corrected chi connectivity index (χ1v) is 13.0. The summed E-state index contributed by atoms with van der Waals surface area (Å²) < 4.78 is 17.0. The predicted molar refractivity (Wildman–Crippen MR) is 145 cm³/mol. The van der Waals surface area contributed by atoms with Gasteiger partial charge >= 0.3 is 5.97 Å². The number of hydrogen-bond acceptors (Lipinski definition) is 10. The van der Waals surface area contributed by atoms with E-state index in [0.717, 1.165) is 10.9 Å². The Kier molecular flexibility index (Phi) is 6.90. The molecule has 11 nitrogen and oxygen atoms in total. The molecule has 1 saturated heterocycles. The molecule has 2 aliphatic rings. The van der Waals surface area contributed by atoms with Crippen molar-refractivity contribution < 1.29 is 23.8 Å². The lowest BCUT2D eigenvalue weighted by Gasteiger charge is -2.45. The van der Waals surface area contributed by atoms with Crippen molar-refractivity contribution in [3.05, 3.63) is 47.4 Å². The van der Waals surface area contributed by atoms with Crippen LogP contribution in [0.25, 0.3) is 10.8 Å². The van der Waals surface area contributed by atoms with E-state index in [0.29, 0.717) is 40.7 Å². The number of cyclic esters (lactones) is 1. The number of methoxy groups -OCH3 is 1. The second-order valence-electron chi connectivity index (χ2n) is 10.7. The molecule has 0 saturated carbocycles. The highest BCUT2D eigenvalue weighted by atomic mass is 16.5. The van der Waals surface area contributed by atoms with Crippen LogP contribution in [0.2, 0.25) is 0 Å². The first kappa shape index (κ1) is 26.8. The van der Waals surface area contributed by atoms with Gasteiger partial charge in [-0.15, -0.1) is 0 Å². The maximum Gasteiger partial charge on any atom is 0.340 e. The predicted octanol–water partition coefficient (Wildman–Crippen LogP) is 3.25. The van der Waals surface area contributed by atoms with Gasteiger partial charge in [-0.2, -0.15) is 0 Å². The SMILES string of the molecule is COC[C@@](C)(N)c1cnc(O[C@@H]2CN(C(C)=O)[C@H]2C)c2cnc(Nc3ccc4c(n3)[C@@H](C)[C@H](C)OC4=O)cc12. The number of carbonyl (C=O) groups is 2. The molecule has 0 spiro atoms. The van der Waals surface area contributed by atoms with E-state index < -0.39 is 5.54 Å². The van der Waals surface area contributed by atoms with Crippen LogP contribution in [-0.4, -0.2) is 70.2 Å². The van der Waals surface area contributed by atoms with Crippen LogP contribution in [0.15, 0.2) is 30.6 Å². The van der Waals surface area contributed by atoms with E-state index >= 15 is 0 Å². The standard InChI is InChI=1S/C28H34N6O5/c1-14-16(3)38-27(36)18-7-8-23(33-25(14)18)32-24-9-19-20(10-30-24)26(31-11-21(19)28(5,29)13-37-6)39-22-12-34(15(22)2)17(4)35/h7-11,14-16,22H,12-13,29H2,1-6H3,(H,30,32,33)/t14-,15-,16-,22+,28+/m0/s1. The third-order valence-corrected chi connectivity index (χ3v) is 7.70. The molecule has 1 fully saturated rings. The summed E-state index contributed by atoms with van der Waals surface area (Å²) in [7, 11) is 1.60. The summed E-state index contributed by atoms with van der Waals surface area (Å²) in [5.74, 6) is 1.14. The van der Waals surface area contributed by atoms with E-state index in [1.807, 2.05) is 33.8 Å². The lowest BCUT2D eigenvalue weighted by Crippen LogP contribution is -2.62. The van der Waals surface area contributed by atoms with Crippen LogP contribution < -0.4 is 15.8 Å². The number of fused-ring (bicyclic) bond motifs is 2. The third kappa shape index (κ3) is 4.87. The molecule has 1 amide bonds. The number of nitrogens with two attached hydrogens (primary N) is 1. The lowest BCUT2D eigenvalue weighted by molar-refractivity contribution is -0.144. The van der Waals surface area contributed by atoms with Gasteiger partial charge in [0.2, 0.25) is 11.8 Å². The Hall–Kier alpha value is -3.83. The summed E-state index contributed by atoms with van der Waals surface area (Å²) in [6.45, 7) is 10.0. The number of esters is 1. The second-order valence-corrected chi connectivity index (χ2v) is 10.7. The number of anilines is 2. The molecule has 5 heterocycles. The first-order chi connectivity index (χ1) is 18.5. The minimum atomic E-state index is -0.831. The summed E-state index contributed by atoms with van der Waals surface area (Å²) in [5, 5.41) is 4.76. The number of hydrogen-bond donors (Lipinski definition) is 2. The molecule has 2 aliphatic heterocycles. The number of pyridine rings is 3. The molecule has 5 rings (SSSR count). The van der Waals surface area contributed by atoms with Gasteiger partial charge in [0.15, 0.2) is 0 Å². The summed E-state index contributed by atoms with van der Waals surface area (Å²) >= 11 is 0. The number of nitrogens with zero attached hydrogens (tertiary/aromatic N) is 4. The molecule has 3 aromatic rings. The van der Waals surface area contributed by atoms with Crippen molar-refractivity contribution in [3.63, 3.8) is 0 Å². The van der Waals surface area contributed by atoms with E-state index in [1.54, 1.807) is 43.5 Å². The average Bonchev–Trinajstić information content (AvgIpc) is 2.88. The average molecular weight is 535 g/mol. The Morgan fingerprint density at radius 2 is 1.97 bits per heavy atom. The smallest absolute Gasteiger partial charge is 0.340 e. The maximum atomic E-state index is 12.3. The molecule has 206 valence electrons. The van der Waals surface area contributed by atoms with Crippen LogP contribution in [0.5, 0.6) is 5.88 Å². The van der Waals surface area contributed by atoms with Crippen LogP contribution in [0, 0.1) is 0 Å². The minimum absolute atomic E-state index is 0.0166. The van der Waals surface area contributed by atoms with Crippen molar-refractivity contribution in [1.82, 2.24) is 19.9 Å². The lowest BCUT2D eigenvalue weighted by atomic mass is 9.91. The van der Waals surface area contributed by atoms with Crippen molar-refractivity contribution in [3.8, 4) is 5.88 Å². The number of ether oxygens (including phenoxy) is 3. The molecule has 3 aromatic heterocycles. The topological polar surface area (TPSA) is 142 Å². The highest BCUT2D eigenvalue weighted by molar-refractivity contribution is 5.93. The molecule has 0 unspecified atom stereocenters. The molecule has 0 bridgehead atoms. The molecule has 39 heavy (non-hydrogen) atoms. The van der Waals surface area contributed by atoms with Crippen LogP contribution in [0.1, 0.15) is 62.2 Å². The van der Waals surface area contributed by atoms with Gasteiger partial charge in [0.25, 0.3) is 0 Å². The largest absolute Gasteiger partial charge is 0.470 e. The zero-order valence-corrected chi connectivity index (χ0v) is 23.0. The second kappa shape index (κ2) is 10.0. The highest BCUT2D eigenvalue weighted by Gasteiger charge is 2.39. The monoisotopic (exact) mass is 534 g/mol. The summed E-state index contributed by atoms with van der Waals surface area (Å²) in [6, 6.07) is 5.27. The van der Waals surface area contributed by atoms with E-state index in [1.165, 1.54) is 0 Å². The summed E-state index contributed by atoms with van der Waals surface area (Å²) in [4.78, 5) is 39.7. The van der Waals surface area contributed by atoms with Gasteiger partial charge < -0.3 is 30.2 Å².